The second-order valence-corrected chi connectivity index (χ2v) is 5.50. The van der Waals surface area contributed by atoms with Crippen molar-refractivity contribution in [2.24, 2.45) is 0 Å². The molecule has 0 fully saturated rings. The van der Waals surface area contributed by atoms with Gasteiger partial charge >= 0.3 is 11.9 Å². The minimum atomic E-state index is -1.17. The van der Waals surface area contributed by atoms with Crippen molar-refractivity contribution in [3.63, 3.8) is 0 Å². The summed E-state index contributed by atoms with van der Waals surface area (Å²) in [5.41, 5.74) is 0.572. The van der Waals surface area contributed by atoms with Crippen LogP contribution in [-0.2, 0) is 23.9 Å². The fourth-order valence-electron chi connectivity index (χ4n) is 1.95. The van der Waals surface area contributed by atoms with E-state index < -0.39 is 30.0 Å². The first-order chi connectivity index (χ1) is 11.5. The van der Waals surface area contributed by atoms with Gasteiger partial charge in [-0.1, -0.05) is 52.8 Å². The molecule has 0 saturated heterocycles. The van der Waals surface area contributed by atoms with Gasteiger partial charge < -0.3 is 14.8 Å². The summed E-state index contributed by atoms with van der Waals surface area (Å²) in [6.45, 7) is 5.15. The number of ether oxygens (including phenoxy) is 2. The Morgan fingerprint density at radius 1 is 1.29 bits per heavy atom. The highest BCUT2D eigenvalue weighted by atomic mass is 79.9. The lowest BCUT2D eigenvalue weighted by Crippen LogP contribution is -2.46. The number of alkyl halides is 1. The molecule has 130 valence electrons. The number of esters is 2. The van der Waals surface area contributed by atoms with E-state index in [9.17, 15) is 14.4 Å². The summed E-state index contributed by atoms with van der Waals surface area (Å²) < 4.78 is 10.4. The van der Waals surface area contributed by atoms with E-state index in [1.807, 2.05) is 0 Å². The van der Waals surface area contributed by atoms with Crippen LogP contribution >= 0.6 is 15.9 Å². The van der Waals surface area contributed by atoms with Gasteiger partial charge in [-0.3, -0.25) is 9.59 Å². The number of halogens is 1. The van der Waals surface area contributed by atoms with E-state index in [0.29, 0.717) is 10.9 Å². The molecule has 24 heavy (non-hydrogen) atoms. The van der Waals surface area contributed by atoms with Gasteiger partial charge in [0.15, 0.2) is 12.1 Å². The zero-order chi connectivity index (χ0) is 17.9. The van der Waals surface area contributed by atoms with E-state index in [2.05, 4.69) is 27.8 Å². The molecule has 0 aromatic heterocycles. The summed E-state index contributed by atoms with van der Waals surface area (Å²) in [4.78, 5) is 35.9. The van der Waals surface area contributed by atoms with E-state index in [-0.39, 0.29) is 13.0 Å². The molecular formula is C17H20BrNO5. The number of carbonyl (C=O) groups excluding carboxylic acids is 3. The number of rotatable bonds is 9. The van der Waals surface area contributed by atoms with E-state index in [4.69, 9.17) is 9.47 Å². The molecule has 7 heteroatoms. The maximum absolute atomic E-state index is 12.3. The largest absolute Gasteiger partial charge is 0.464 e. The van der Waals surface area contributed by atoms with Crippen LogP contribution in [0.3, 0.4) is 0 Å². The number of benzene rings is 1. The van der Waals surface area contributed by atoms with Crippen LogP contribution in [0.5, 0.6) is 0 Å². The standard InChI is InChI=1S/C17H20BrNO5/c1-3-13(20)19-15(17(22)23-4-2)16(24-14(21)10-11-18)12-8-6-5-7-9-12/h3,5-9,15-16H,1,4,10-11H2,2H3,(H,19,20). The van der Waals surface area contributed by atoms with Gasteiger partial charge in [-0.15, -0.1) is 0 Å². The molecule has 0 aliphatic heterocycles. The number of hydrogen-bond acceptors (Lipinski definition) is 5. The van der Waals surface area contributed by atoms with Gasteiger partial charge in [0.2, 0.25) is 5.91 Å². The molecule has 0 saturated carbocycles. The third-order valence-corrected chi connectivity index (χ3v) is 3.41. The first kappa shape index (κ1) is 19.9. The molecule has 0 aliphatic carbocycles. The third-order valence-electron chi connectivity index (χ3n) is 3.01. The van der Waals surface area contributed by atoms with Gasteiger partial charge in [0.05, 0.1) is 13.0 Å². The van der Waals surface area contributed by atoms with Gasteiger partial charge in [-0.25, -0.2) is 4.79 Å². The smallest absolute Gasteiger partial charge is 0.332 e. The molecule has 1 aromatic carbocycles. The maximum Gasteiger partial charge on any atom is 0.332 e. The predicted octanol–water partition coefficient (Wildman–Crippen LogP) is 2.29. The van der Waals surface area contributed by atoms with Crippen molar-refractivity contribution in [3.8, 4) is 0 Å². The van der Waals surface area contributed by atoms with Crippen LogP contribution in [-0.4, -0.2) is 35.8 Å². The summed E-state index contributed by atoms with van der Waals surface area (Å²) in [5.74, 6) is -1.75. The Morgan fingerprint density at radius 2 is 1.96 bits per heavy atom. The molecule has 0 bridgehead atoms. The second kappa shape index (κ2) is 10.6. The molecule has 0 radical (unpaired) electrons. The monoisotopic (exact) mass is 397 g/mol. The first-order valence-electron chi connectivity index (χ1n) is 7.43. The highest BCUT2D eigenvalue weighted by Crippen LogP contribution is 2.23. The van der Waals surface area contributed by atoms with Crippen molar-refractivity contribution in [3.05, 3.63) is 48.6 Å². The molecule has 0 aliphatic rings. The first-order valence-corrected chi connectivity index (χ1v) is 8.55. The maximum atomic E-state index is 12.3. The summed E-state index contributed by atoms with van der Waals surface area (Å²) in [5, 5.41) is 2.90. The Morgan fingerprint density at radius 3 is 2.50 bits per heavy atom. The van der Waals surface area contributed by atoms with Gasteiger partial charge in [-0.2, -0.15) is 0 Å². The average Bonchev–Trinajstić information content (AvgIpc) is 2.58. The fraction of sp³-hybridized carbons (Fsp3) is 0.353. The normalized spacial score (nSPS) is 12.6. The number of nitrogens with one attached hydrogen (secondary N) is 1. The zero-order valence-electron chi connectivity index (χ0n) is 13.4. The molecule has 1 amide bonds. The van der Waals surface area contributed by atoms with Crippen LogP contribution in [0, 0.1) is 0 Å². The Bertz CT molecular complexity index is 576. The Balaban J connectivity index is 3.17. The molecular weight excluding hydrogens is 378 g/mol. The predicted molar refractivity (Wildman–Crippen MR) is 92.4 cm³/mol. The number of hydrogen-bond donors (Lipinski definition) is 1. The van der Waals surface area contributed by atoms with Crippen LogP contribution in [0.2, 0.25) is 0 Å². The lowest BCUT2D eigenvalue weighted by atomic mass is 10.0. The van der Waals surface area contributed by atoms with Crippen molar-refractivity contribution >= 4 is 33.8 Å². The van der Waals surface area contributed by atoms with E-state index in [1.54, 1.807) is 37.3 Å². The Hall–Kier alpha value is -2.15. The minimum Gasteiger partial charge on any atom is -0.464 e. The number of amides is 1. The number of carbonyl (C=O) groups is 3. The Labute approximate surface area is 149 Å². The molecule has 1 aromatic rings. The second-order valence-electron chi connectivity index (χ2n) is 4.70. The molecule has 2 atom stereocenters. The van der Waals surface area contributed by atoms with Gasteiger partial charge in [0.1, 0.15) is 0 Å². The van der Waals surface area contributed by atoms with Gasteiger partial charge in [0, 0.05) is 5.33 Å². The molecule has 1 rings (SSSR count). The zero-order valence-corrected chi connectivity index (χ0v) is 15.0. The summed E-state index contributed by atoms with van der Waals surface area (Å²) in [7, 11) is 0. The fourth-order valence-corrected chi connectivity index (χ4v) is 2.28. The minimum absolute atomic E-state index is 0.133. The summed E-state index contributed by atoms with van der Waals surface area (Å²) >= 11 is 3.16. The van der Waals surface area contributed by atoms with Crippen molar-refractivity contribution in [2.45, 2.75) is 25.5 Å². The molecule has 0 heterocycles. The van der Waals surface area contributed by atoms with Crippen molar-refractivity contribution in [1.82, 2.24) is 5.32 Å². The van der Waals surface area contributed by atoms with Gasteiger partial charge in [0.25, 0.3) is 0 Å². The summed E-state index contributed by atoms with van der Waals surface area (Å²) in [6, 6.07) is 7.53. The van der Waals surface area contributed by atoms with Crippen LogP contribution in [0.4, 0.5) is 0 Å². The van der Waals surface area contributed by atoms with E-state index in [0.717, 1.165) is 6.08 Å². The van der Waals surface area contributed by atoms with Crippen LogP contribution in [0.25, 0.3) is 0 Å². The lowest BCUT2D eigenvalue weighted by molar-refractivity contribution is -0.159. The quantitative estimate of drug-likeness (QED) is 0.392. The third kappa shape index (κ3) is 6.16. The lowest BCUT2D eigenvalue weighted by Gasteiger charge is -2.26. The SMILES string of the molecule is C=CC(=O)NC(C(=O)OCC)C(OC(=O)CCBr)c1ccccc1. The van der Waals surface area contributed by atoms with E-state index in [1.165, 1.54) is 0 Å². The van der Waals surface area contributed by atoms with Crippen molar-refractivity contribution in [1.29, 1.82) is 0 Å². The van der Waals surface area contributed by atoms with Crippen molar-refractivity contribution < 1.29 is 23.9 Å². The highest BCUT2D eigenvalue weighted by Gasteiger charge is 2.34. The van der Waals surface area contributed by atoms with E-state index >= 15 is 0 Å². The highest BCUT2D eigenvalue weighted by molar-refractivity contribution is 9.09. The Kier molecular flexibility index (Phi) is 8.78. The topological polar surface area (TPSA) is 81.7 Å². The van der Waals surface area contributed by atoms with Crippen molar-refractivity contribution in [2.75, 3.05) is 11.9 Å². The molecule has 1 N–H and O–H groups in total. The van der Waals surface area contributed by atoms with Crippen LogP contribution in [0.15, 0.2) is 43.0 Å². The van der Waals surface area contributed by atoms with Gasteiger partial charge in [-0.05, 0) is 18.6 Å². The van der Waals surface area contributed by atoms with Crippen LogP contribution < -0.4 is 5.32 Å². The summed E-state index contributed by atoms with van der Waals surface area (Å²) in [6.07, 6.45) is 0.170. The molecule has 6 nitrogen and oxygen atoms in total. The average molecular weight is 398 g/mol. The van der Waals surface area contributed by atoms with Crippen LogP contribution in [0.1, 0.15) is 25.0 Å². The molecule has 2 unspecified atom stereocenters. The molecule has 0 spiro atoms.